The minimum atomic E-state index is 0.720. The van der Waals surface area contributed by atoms with E-state index in [9.17, 15) is 4.91 Å². The zero-order valence-corrected chi connectivity index (χ0v) is 6.19. The predicted molar refractivity (Wildman–Crippen MR) is 43.8 cm³/mol. The molecule has 0 aliphatic carbocycles. The molecule has 1 N–H and O–H groups in total. The van der Waals surface area contributed by atoms with Crippen molar-refractivity contribution >= 4 is 16.4 Å². The number of benzene rings is 1. The van der Waals surface area contributed by atoms with Gasteiger partial charge in [-0.2, -0.15) is 0 Å². The van der Waals surface area contributed by atoms with Gasteiger partial charge in [0.1, 0.15) is 11.0 Å². The minimum Gasteiger partial charge on any atom is -0.0873 e. The summed E-state index contributed by atoms with van der Waals surface area (Å²) in [5.74, 6) is 0. The van der Waals surface area contributed by atoms with E-state index in [1.807, 2.05) is 24.3 Å². The number of hydrogen-bond donors (Lipinski definition) is 1. The fourth-order valence-electron chi connectivity index (χ4n) is 1.58. The van der Waals surface area contributed by atoms with Gasteiger partial charge in [-0.15, -0.1) is 0 Å². The minimum absolute atomic E-state index is 0.720. The Balaban J connectivity index is 2.87. The number of aromatic amines is 1. The molecule has 58 valence electrons. The molecule has 0 unspecified atom stereocenters. The molecule has 0 amide bonds. The lowest BCUT2D eigenvalue weighted by molar-refractivity contribution is -0.632. The van der Waals surface area contributed by atoms with Gasteiger partial charge in [-0.05, 0) is 12.1 Å². The number of aromatic nitrogens is 3. The average molecular weight is 160 g/mol. The molecule has 12 heavy (non-hydrogen) atoms. The molecule has 3 rings (SSSR count). The summed E-state index contributed by atoms with van der Waals surface area (Å²) in [6, 6.07) is 7.71. The van der Waals surface area contributed by atoms with Crippen LogP contribution >= 0.6 is 0 Å². The summed E-state index contributed by atoms with van der Waals surface area (Å²) < 4.78 is 2.27. The molecule has 0 bridgehead atoms. The van der Waals surface area contributed by atoms with E-state index in [0.717, 1.165) is 21.1 Å². The topological polar surface area (TPSA) is 43.2 Å². The molecule has 0 spiro atoms. The maximum absolute atomic E-state index is 11.2. The van der Waals surface area contributed by atoms with E-state index < -0.39 is 0 Å². The van der Waals surface area contributed by atoms with Crippen molar-refractivity contribution < 1.29 is 4.66 Å². The second kappa shape index (κ2) is 1.66. The monoisotopic (exact) mass is 160 g/mol. The van der Waals surface area contributed by atoms with Crippen LogP contribution in [0.3, 0.4) is 0 Å². The van der Waals surface area contributed by atoms with Crippen LogP contribution in [0.1, 0.15) is 0 Å². The number of hydrogen-bond acceptors (Lipinski definition) is 1. The predicted octanol–water partition coefficient (Wildman–Crippen LogP) is 0.773. The summed E-state index contributed by atoms with van der Waals surface area (Å²) in [4.78, 5) is 11.2. The van der Waals surface area contributed by atoms with Gasteiger partial charge >= 0.3 is 0 Å². The van der Waals surface area contributed by atoms with Gasteiger partial charge in [-0.1, -0.05) is 21.7 Å². The van der Waals surface area contributed by atoms with Gasteiger partial charge in [0.05, 0.1) is 11.1 Å². The van der Waals surface area contributed by atoms with Crippen LogP contribution in [0.2, 0.25) is 0 Å². The SMILES string of the molecule is O=[n+]1[nH]c2cccc3ccn1c32. The average Bonchev–Trinajstić information content (AvgIpc) is 2.60. The Labute approximate surface area is 66.9 Å². The van der Waals surface area contributed by atoms with Gasteiger partial charge in [0.15, 0.2) is 0 Å². The van der Waals surface area contributed by atoms with Crippen molar-refractivity contribution in [3.8, 4) is 0 Å². The summed E-state index contributed by atoms with van der Waals surface area (Å²) in [7, 11) is 0. The highest BCUT2D eigenvalue weighted by molar-refractivity contribution is 5.92. The van der Waals surface area contributed by atoms with Crippen LogP contribution in [-0.2, 0) is 0 Å². The zero-order valence-electron chi connectivity index (χ0n) is 6.19. The van der Waals surface area contributed by atoms with Gasteiger partial charge < -0.3 is 0 Å². The molecule has 0 saturated heterocycles. The molecule has 1 aromatic carbocycles. The zero-order chi connectivity index (χ0) is 8.13. The molecule has 0 aliphatic rings. The summed E-state index contributed by atoms with van der Waals surface area (Å²) in [5.41, 5.74) is 1.82. The van der Waals surface area contributed by atoms with E-state index in [-0.39, 0.29) is 0 Å². The number of rotatable bonds is 0. The molecule has 2 aromatic heterocycles. The Kier molecular flexibility index (Phi) is 0.798. The van der Waals surface area contributed by atoms with Crippen molar-refractivity contribution in [1.29, 1.82) is 0 Å². The van der Waals surface area contributed by atoms with E-state index in [4.69, 9.17) is 0 Å². The third kappa shape index (κ3) is 0.492. The van der Waals surface area contributed by atoms with Crippen LogP contribution in [0.25, 0.3) is 16.4 Å². The lowest BCUT2D eigenvalue weighted by Crippen LogP contribution is -2.22. The summed E-state index contributed by atoms with van der Waals surface area (Å²) in [6.45, 7) is 0. The van der Waals surface area contributed by atoms with Crippen molar-refractivity contribution in [3.63, 3.8) is 0 Å². The molecule has 0 fully saturated rings. The van der Waals surface area contributed by atoms with Crippen LogP contribution in [0.4, 0.5) is 0 Å². The quantitative estimate of drug-likeness (QED) is 0.485. The summed E-state index contributed by atoms with van der Waals surface area (Å²) in [5, 5.41) is 3.77. The molecule has 4 nitrogen and oxygen atoms in total. The molecule has 3 aromatic rings. The van der Waals surface area contributed by atoms with Crippen molar-refractivity contribution in [2.45, 2.75) is 0 Å². The van der Waals surface area contributed by atoms with Crippen LogP contribution in [-0.4, -0.2) is 9.61 Å². The van der Waals surface area contributed by atoms with Crippen molar-refractivity contribution in [2.24, 2.45) is 0 Å². The highest BCUT2D eigenvalue weighted by Crippen LogP contribution is 2.17. The summed E-state index contributed by atoms with van der Waals surface area (Å²) in [6.07, 6.45) is 1.75. The number of nitrogens with zero attached hydrogens (tertiary/aromatic N) is 2. The molecular formula is C8H6N3O+. The van der Waals surface area contributed by atoms with Crippen LogP contribution in [0.5, 0.6) is 0 Å². The highest BCUT2D eigenvalue weighted by atomic mass is 16.3. The fourth-order valence-corrected chi connectivity index (χ4v) is 1.58. The lowest BCUT2D eigenvalue weighted by atomic mass is 10.2. The number of nitrogens with one attached hydrogen (secondary N) is 1. The van der Waals surface area contributed by atoms with Crippen molar-refractivity contribution in [3.05, 3.63) is 35.4 Å². The molecule has 0 saturated carbocycles. The Hall–Kier alpha value is -1.84. The Bertz CT molecular complexity index is 592. The highest BCUT2D eigenvalue weighted by Gasteiger charge is 2.12. The van der Waals surface area contributed by atoms with Gasteiger partial charge in [0.2, 0.25) is 0 Å². The van der Waals surface area contributed by atoms with E-state index in [2.05, 4.69) is 5.10 Å². The Morgan fingerprint density at radius 1 is 1.33 bits per heavy atom. The normalized spacial score (nSPS) is 11.7. The fraction of sp³-hybridized carbons (Fsp3) is 0. The first-order valence-electron chi connectivity index (χ1n) is 3.70. The number of para-hydroxylation sites is 1. The van der Waals surface area contributed by atoms with Gasteiger partial charge in [0, 0.05) is 5.39 Å². The smallest absolute Gasteiger partial charge is 0.0873 e. The van der Waals surface area contributed by atoms with E-state index in [0.29, 0.717) is 0 Å². The van der Waals surface area contributed by atoms with Crippen LogP contribution in [0, 0.1) is 4.91 Å². The molecule has 0 atom stereocenters. The Morgan fingerprint density at radius 2 is 2.25 bits per heavy atom. The molecule has 0 radical (unpaired) electrons. The first-order valence-corrected chi connectivity index (χ1v) is 3.70. The molecule has 4 heteroatoms. The number of H-pyrrole nitrogens is 1. The second-order valence-electron chi connectivity index (χ2n) is 2.79. The van der Waals surface area contributed by atoms with Crippen LogP contribution < -0.4 is 4.66 Å². The second-order valence-corrected chi connectivity index (χ2v) is 2.79. The van der Waals surface area contributed by atoms with Crippen molar-refractivity contribution in [1.82, 2.24) is 9.61 Å². The van der Waals surface area contributed by atoms with Gasteiger partial charge in [0.25, 0.3) is 4.66 Å². The largest absolute Gasteiger partial charge is 0.262 e. The van der Waals surface area contributed by atoms with Gasteiger partial charge in [-0.3, -0.25) is 0 Å². The third-order valence-electron chi connectivity index (χ3n) is 2.10. The van der Waals surface area contributed by atoms with E-state index >= 15 is 0 Å². The molecule has 2 heterocycles. The summed E-state index contributed by atoms with van der Waals surface area (Å²) >= 11 is 0. The van der Waals surface area contributed by atoms with Gasteiger partial charge in [-0.25, -0.2) is 0 Å². The first kappa shape index (κ1) is 5.77. The first-order chi connectivity index (χ1) is 5.86. The Morgan fingerprint density at radius 3 is 3.17 bits per heavy atom. The molecular weight excluding hydrogens is 154 g/mol. The maximum atomic E-state index is 11.2. The lowest BCUT2D eigenvalue weighted by Gasteiger charge is -1.81. The van der Waals surface area contributed by atoms with E-state index in [1.54, 1.807) is 10.7 Å². The standard InChI is InChI=1S/C8H6N3O/c12-11-9-7-3-1-2-6-4-5-10(11)8(6)7/h1-5H,(H,9,12)/q+1. The van der Waals surface area contributed by atoms with E-state index in [1.165, 1.54) is 0 Å². The maximum Gasteiger partial charge on any atom is 0.262 e. The van der Waals surface area contributed by atoms with Crippen LogP contribution in [0.15, 0.2) is 30.5 Å². The third-order valence-corrected chi connectivity index (χ3v) is 2.10. The van der Waals surface area contributed by atoms with Crippen molar-refractivity contribution in [2.75, 3.05) is 0 Å². The molecule has 0 aliphatic heterocycles.